The first-order chi connectivity index (χ1) is 10.4. The largest absolute Gasteiger partial charge is 0.343 e. The van der Waals surface area contributed by atoms with Gasteiger partial charge in [0.15, 0.2) is 0 Å². The summed E-state index contributed by atoms with van der Waals surface area (Å²) in [4.78, 5) is 0. The maximum absolute atomic E-state index is 10.1. The van der Waals surface area contributed by atoms with Crippen LogP contribution < -0.4 is 0 Å². The van der Waals surface area contributed by atoms with Crippen LogP contribution in [0.2, 0.25) is 0 Å². The van der Waals surface area contributed by atoms with Crippen LogP contribution in [0, 0.1) is 34.5 Å². The van der Waals surface area contributed by atoms with E-state index in [-0.39, 0.29) is 11.3 Å². The second kappa shape index (κ2) is 4.68. The quantitative estimate of drug-likeness (QED) is 0.653. The van der Waals surface area contributed by atoms with Gasteiger partial charge in [-0.2, -0.15) is 0 Å². The zero-order chi connectivity index (χ0) is 15.6. The summed E-state index contributed by atoms with van der Waals surface area (Å²) < 4.78 is 0. The van der Waals surface area contributed by atoms with Gasteiger partial charge in [-0.15, -0.1) is 0 Å². The Balaban J connectivity index is 1.70. The number of fused-ring (bicyclic) bond motifs is 5. The molecular formula is C19H28O3. The summed E-state index contributed by atoms with van der Waals surface area (Å²) in [5.74, 6) is -0.525. The average Bonchev–Trinajstić information content (AvgIpc) is 2.91. The fraction of sp³-hybridized carbons (Fsp3) is 0.789. The van der Waals surface area contributed by atoms with Gasteiger partial charge >= 0.3 is 0 Å². The van der Waals surface area contributed by atoms with Crippen molar-refractivity contribution in [2.24, 2.45) is 34.5 Å². The highest BCUT2D eigenvalue weighted by Crippen LogP contribution is 2.66. The van der Waals surface area contributed by atoms with Gasteiger partial charge in [-0.1, -0.05) is 37.6 Å². The molecular weight excluding hydrogens is 276 g/mol. The third-order valence-electron chi connectivity index (χ3n) is 7.77. The molecule has 0 heterocycles. The number of rotatable bonds is 1. The van der Waals surface area contributed by atoms with Crippen LogP contribution in [-0.2, 0) is 0 Å². The van der Waals surface area contributed by atoms with Gasteiger partial charge in [0.25, 0.3) is 5.97 Å². The molecule has 0 aliphatic heterocycles. The maximum Gasteiger partial charge on any atom is 0.281 e. The van der Waals surface area contributed by atoms with Crippen molar-refractivity contribution in [3.8, 4) is 0 Å². The van der Waals surface area contributed by atoms with Gasteiger partial charge in [0.2, 0.25) is 0 Å². The minimum atomic E-state index is -2.51. The van der Waals surface area contributed by atoms with E-state index in [9.17, 15) is 15.3 Å². The lowest BCUT2D eigenvalue weighted by Gasteiger charge is -2.59. The normalized spacial score (nSPS) is 50.4. The van der Waals surface area contributed by atoms with Crippen molar-refractivity contribution >= 4 is 0 Å². The van der Waals surface area contributed by atoms with E-state index in [0.29, 0.717) is 17.8 Å². The lowest BCUT2D eigenvalue weighted by atomic mass is 9.46. The van der Waals surface area contributed by atoms with Crippen LogP contribution in [0.4, 0.5) is 0 Å². The summed E-state index contributed by atoms with van der Waals surface area (Å²) in [5, 5.41) is 30.2. The third-order valence-corrected chi connectivity index (χ3v) is 7.77. The van der Waals surface area contributed by atoms with Crippen LogP contribution in [0.5, 0.6) is 0 Å². The van der Waals surface area contributed by atoms with Gasteiger partial charge < -0.3 is 15.3 Å². The monoisotopic (exact) mass is 304 g/mol. The Hall–Kier alpha value is -0.640. The van der Waals surface area contributed by atoms with Crippen LogP contribution in [0.1, 0.15) is 51.9 Å². The molecule has 4 aliphatic carbocycles. The molecule has 0 aromatic rings. The number of hydrogen-bond acceptors (Lipinski definition) is 3. The molecule has 3 saturated carbocycles. The zero-order valence-corrected chi connectivity index (χ0v) is 13.4. The van der Waals surface area contributed by atoms with Crippen molar-refractivity contribution in [2.75, 3.05) is 0 Å². The Morgan fingerprint density at radius 1 is 0.955 bits per heavy atom. The molecule has 0 amide bonds. The maximum atomic E-state index is 10.1. The summed E-state index contributed by atoms with van der Waals surface area (Å²) in [6, 6.07) is 0. The van der Waals surface area contributed by atoms with Crippen LogP contribution in [0.25, 0.3) is 0 Å². The fourth-order valence-electron chi connectivity index (χ4n) is 6.67. The Labute approximate surface area is 132 Å². The molecule has 3 nitrogen and oxygen atoms in total. The molecule has 4 rings (SSSR count). The van der Waals surface area contributed by atoms with Crippen molar-refractivity contribution in [3.63, 3.8) is 0 Å². The lowest BCUT2D eigenvalue weighted by molar-refractivity contribution is -0.393. The Bertz CT molecular complexity index is 517. The highest BCUT2D eigenvalue weighted by Gasteiger charge is 2.64. The molecule has 1 unspecified atom stereocenters. The van der Waals surface area contributed by atoms with E-state index in [4.69, 9.17) is 0 Å². The number of allylic oxidation sites excluding steroid dienone is 4. The highest BCUT2D eigenvalue weighted by molar-refractivity contribution is 5.23. The molecule has 3 heteroatoms. The first-order valence-electron chi connectivity index (χ1n) is 8.92. The van der Waals surface area contributed by atoms with Crippen molar-refractivity contribution in [3.05, 3.63) is 24.3 Å². The smallest absolute Gasteiger partial charge is 0.281 e. The second-order valence-electron chi connectivity index (χ2n) is 8.39. The molecule has 3 N–H and O–H groups in total. The molecule has 0 radical (unpaired) electrons. The van der Waals surface area contributed by atoms with E-state index in [1.807, 2.05) is 0 Å². The van der Waals surface area contributed by atoms with E-state index in [1.165, 1.54) is 6.42 Å². The van der Waals surface area contributed by atoms with Gasteiger partial charge in [0, 0.05) is 0 Å². The van der Waals surface area contributed by atoms with Gasteiger partial charge in [-0.3, -0.25) is 0 Å². The van der Waals surface area contributed by atoms with Gasteiger partial charge in [0.1, 0.15) is 0 Å². The minimum Gasteiger partial charge on any atom is -0.343 e. The van der Waals surface area contributed by atoms with Crippen LogP contribution in [0.3, 0.4) is 0 Å². The highest BCUT2D eigenvalue weighted by atomic mass is 16.7. The predicted octanol–water partition coefficient (Wildman–Crippen LogP) is 2.97. The summed E-state index contributed by atoms with van der Waals surface area (Å²) in [5.41, 5.74) is -0.485. The van der Waals surface area contributed by atoms with Gasteiger partial charge in [-0.05, 0) is 67.6 Å². The summed E-state index contributed by atoms with van der Waals surface area (Å²) in [7, 11) is 0. The van der Waals surface area contributed by atoms with Gasteiger partial charge in [0.05, 0.1) is 5.41 Å². The first-order valence-corrected chi connectivity index (χ1v) is 8.92. The van der Waals surface area contributed by atoms with Crippen molar-refractivity contribution in [1.29, 1.82) is 0 Å². The molecule has 0 aromatic carbocycles. The molecule has 0 spiro atoms. The number of aliphatic hydroxyl groups is 3. The molecule has 6 atom stereocenters. The van der Waals surface area contributed by atoms with Crippen molar-refractivity contribution < 1.29 is 15.3 Å². The van der Waals surface area contributed by atoms with E-state index in [0.717, 1.165) is 38.5 Å². The molecule has 122 valence electrons. The predicted molar refractivity (Wildman–Crippen MR) is 84.5 cm³/mol. The van der Waals surface area contributed by atoms with E-state index in [2.05, 4.69) is 31.2 Å². The van der Waals surface area contributed by atoms with Crippen LogP contribution in [0.15, 0.2) is 24.3 Å². The lowest BCUT2D eigenvalue weighted by Crippen LogP contribution is -2.58. The average molecular weight is 304 g/mol. The van der Waals surface area contributed by atoms with E-state index < -0.39 is 11.4 Å². The SMILES string of the molecule is C[C@]12C=CC=CC1CC[C@H]1[C@@H]3CCC[C@@]3(C(O)(O)O)CC[C@@H]12. The third kappa shape index (κ3) is 1.79. The molecule has 0 aromatic heterocycles. The Morgan fingerprint density at radius 2 is 1.77 bits per heavy atom. The molecule has 22 heavy (non-hydrogen) atoms. The zero-order valence-electron chi connectivity index (χ0n) is 13.4. The Kier molecular flexibility index (Phi) is 3.18. The van der Waals surface area contributed by atoms with Crippen molar-refractivity contribution in [1.82, 2.24) is 0 Å². The second-order valence-corrected chi connectivity index (χ2v) is 8.39. The molecule has 0 saturated heterocycles. The van der Waals surface area contributed by atoms with Crippen LogP contribution >= 0.6 is 0 Å². The minimum absolute atomic E-state index is 0.204. The Morgan fingerprint density at radius 3 is 2.55 bits per heavy atom. The van der Waals surface area contributed by atoms with Gasteiger partial charge in [-0.25, -0.2) is 0 Å². The van der Waals surface area contributed by atoms with Crippen molar-refractivity contribution in [2.45, 2.75) is 57.8 Å². The summed E-state index contributed by atoms with van der Waals surface area (Å²) in [6.07, 6.45) is 16.0. The molecule has 0 bridgehead atoms. The van der Waals surface area contributed by atoms with Crippen LogP contribution in [-0.4, -0.2) is 21.3 Å². The molecule has 4 aliphatic rings. The first kappa shape index (κ1) is 14.9. The molecule has 3 fully saturated rings. The topological polar surface area (TPSA) is 60.7 Å². The van der Waals surface area contributed by atoms with E-state index in [1.54, 1.807) is 0 Å². The standard InChI is InChI=1S/C19H28O3/c1-17-10-3-2-5-13(17)7-8-14-15(17)9-12-18(19(20,21)22)11-4-6-16(14)18/h2-3,5,10,13-16,20-22H,4,6-9,11-12H2,1H3/t13?,14-,15+,16+,17+,18-/m1/s1. The fourth-order valence-corrected chi connectivity index (χ4v) is 6.67. The van der Waals surface area contributed by atoms with E-state index >= 15 is 0 Å². The summed E-state index contributed by atoms with van der Waals surface area (Å²) >= 11 is 0. The summed E-state index contributed by atoms with van der Waals surface area (Å²) in [6.45, 7) is 2.39. The number of hydrogen-bond donors (Lipinski definition) is 3.